The molecule has 0 saturated heterocycles. The number of rotatable bonds is 4. The topological polar surface area (TPSA) is 35.2 Å². The summed E-state index contributed by atoms with van der Waals surface area (Å²) in [4.78, 5) is 0. The lowest BCUT2D eigenvalue weighted by molar-refractivity contribution is -0.0691. The molecule has 2 heteroatoms. The molecule has 0 bridgehead atoms. The Hall–Kier alpha value is -0.0800. The third-order valence-electron chi connectivity index (χ3n) is 3.71. The normalized spacial score (nSPS) is 33.6. The van der Waals surface area contributed by atoms with Crippen molar-refractivity contribution in [3.8, 4) is 0 Å². The minimum atomic E-state index is 0.0140. The quantitative estimate of drug-likeness (QED) is 0.755. The van der Waals surface area contributed by atoms with Gasteiger partial charge in [-0.25, -0.2) is 0 Å². The lowest BCUT2D eigenvalue weighted by Gasteiger charge is -2.40. The van der Waals surface area contributed by atoms with E-state index in [2.05, 4.69) is 20.8 Å². The molecule has 0 radical (unpaired) electrons. The zero-order valence-corrected chi connectivity index (χ0v) is 9.88. The van der Waals surface area contributed by atoms with E-state index in [0.717, 1.165) is 31.3 Å². The Kier molecular flexibility index (Phi) is 4.39. The summed E-state index contributed by atoms with van der Waals surface area (Å²) in [5, 5.41) is 0. The van der Waals surface area contributed by atoms with Gasteiger partial charge in [-0.05, 0) is 44.4 Å². The monoisotopic (exact) mass is 199 g/mol. The molecule has 1 rings (SSSR count). The maximum absolute atomic E-state index is 5.82. The first kappa shape index (κ1) is 12.0. The van der Waals surface area contributed by atoms with Crippen LogP contribution >= 0.6 is 0 Å². The fraction of sp³-hybridized carbons (Fsp3) is 1.00. The van der Waals surface area contributed by atoms with Crippen LogP contribution in [0.1, 0.15) is 46.5 Å². The van der Waals surface area contributed by atoms with Crippen LogP contribution in [0.15, 0.2) is 0 Å². The summed E-state index contributed by atoms with van der Waals surface area (Å²) in [7, 11) is 0. The maximum Gasteiger partial charge on any atom is 0.0804 e. The van der Waals surface area contributed by atoms with Gasteiger partial charge in [0.15, 0.2) is 0 Å². The predicted octanol–water partition coefficient (Wildman–Crippen LogP) is 2.57. The zero-order chi connectivity index (χ0) is 10.6. The highest BCUT2D eigenvalue weighted by molar-refractivity contribution is 4.88. The molecule has 2 nitrogen and oxygen atoms in total. The molecule has 0 aromatic rings. The van der Waals surface area contributed by atoms with Crippen molar-refractivity contribution in [2.24, 2.45) is 17.6 Å². The average molecular weight is 199 g/mol. The Balaban J connectivity index is 2.46. The fourth-order valence-electron chi connectivity index (χ4n) is 2.55. The Bertz CT molecular complexity index is 160. The van der Waals surface area contributed by atoms with Crippen molar-refractivity contribution in [2.75, 3.05) is 13.2 Å². The van der Waals surface area contributed by atoms with Crippen molar-refractivity contribution in [1.82, 2.24) is 0 Å². The summed E-state index contributed by atoms with van der Waals surface area (Å²) >= 11 is 0. The molecule has 0 aliphatic heterocycles. The molecule has 1 aliphatic rings. The molecule has 2 N–H and O–H groups in total. The van der Waals surface area contributed by atoms with E-state index < -0.39 is 0 Å². The van der Waals surface area contributed by atoms with Crippen LogP contribution in [0.2, 0.25) is 0 Å². The first-order chi connectivity index (χ1) is 6.63. The Morgan fingerprint density at radius 2 is 1.93 bits per heavy atom. The van der Waals surface area contributed by atoms with E-state index in [9.17, 15) is 0 Å². The largest absolute Gasteiger partial charge is 0.374 e. The van der Waals surface area contributed by atoms with E-state index in [-0.39, 0.29) is 5.60 Å². The van der Waals surface area contributed by atoms with E-state index in [0.29, 0.717) is 6.54 Å². The van der Waals surface area contributed by atoms with Gasteiger partial charge in [0.05, 0.1) is 5.60 Å². The Morgan fingerprint density at radius 1 is 1.36 bits per heavy atom. The maximum atomic E-state index is 5.82. The van der Waals surface area contributed by atoms with E-state index in [4.69, 9.17) is 10.5 Å². The van der Waals surface area contributed by atoms with Gasteiger partial charge in [0.2, 0.25) is 0 Å². The molecule has 0 heterocycles. The van der Waals surface area contributed by atoms with Gasteiger partial charge in [0.25, 0.3) is 0 Å². The van der Waals surface area contributed by atoms with Crippen LogP contribution in [0.4, 0.5) is 0 Å². The van der Waals surface area contributed by atoms with Crippen LogP contribution in [-0.2, 0) is 4.74 Å². The molecule has 0 aromatic heterocycles. The van der Waals surface area contributed by atoms with E-state index in [1.54, 1.807) is 0 Å². The summed E-state index contributed by atoms with van der Waals surface area (Å²) in [5.74, 6) is 1.70. The Labute approximate surface area is 88.2 Å². The van der Waals surface area contributed by atoms with E-state index >= 15 is 0 Å². The van der Waals surface area contributed by atoms with Gasteiger partial charge in [0, 0.05) is 13.2 Å². The second-order valence-corrected chi connectivity index (χ2v) is 4.90. The fourth-order valence-corrected chi connectivity index (χ4v) is 2.55. The van der Waals surface area contributed by atoms with Crippen molar-refractivity contribution in [3.63, 3.8) is 0 Å². The van der Waals surface area contributed by atoms with Crippen molar-refractivity contribution >= 4 is 0 Å². The predicted molar refractivity (Wildman–Crippen MR) is 60.2 cm³/mol. The third-order valence-corrected chi connectivity index (χ3v) is 3.71. The van der Waals surface area contributed by atoms with Crippen molar-refractivity contribution in [3.05, 3.63) is 0 Å². The standard InChI is InChI=1S/C12H25NO/c1-4-14-12(9-13)7-5-11(6-8-12)10(2)3/h10-11H,4-9,13H2,1-3H3. The van der Waals surface area contributed by atoms with Crippen molar-refractivity contribution in [2.45, 2.75) is 52.1 Å². The molecule has 1 fully saturated rings. The van der Waals surface area contributed by atoms with Crippen LogP contribution in [-0.4, -0.2) is 18.8 Å². The van der Waals surface area contributed by atoms with Gasteiger partial charge >= 0.3 is 0 Å². The van der Waals surface area contributed by atoms with Crippen LogP contribution in [0.3, 0.4) is 0 Å². The number of ether oxygens (including phenoxy) is 1. The van der Waals surface area contributed by atoms with Gasteiger partial charge in [-0.1, -0.05) is 13.8 Å². The molecule has 1 saturated carbocycles. The van der Waals surface area contributed by atoms with Gasteiger partial charge in [-0.15, -0.1) is 0 Å². The molecule has 1 aliphatic carbocycles. The first-order valence-corrected chi connectivity index (χ1v) is 5.97. The van der Waals surface area contributed by atoms with E-state index in [1.807, 2.05) is 0 Å². The summed E-state index contributed by atoms with van der Waals surface area (Å²) in [5.41, 5.74) is 5.83. The zero-order valence-electron chi connectivity index (χ0n) is 9.88. The summed E-state index contributed by atoms with van der Waals surface area (Å²) in [6.07, 6.45) is 4.88. The van der Waals surface area contributed by atoms with Crippen LogP contribution in [0.25, 0.3) is 0 Å². The van der Waals surface area contributed by atoms with Gasteiger partial charge in [-0.2, -0.15) is 0 Å². The third kappa shape index (κ3) is 2.71. The second kappa shape index (κ2) is 5.13. The molecule has 0 unspecified atom stereocenters. The van der Waals surface area contributed by atoms with Crippen molar-refractivity contribution in [1.29, 1.82) is 0 Å². The summed E-state index contributed by atoms with van der Waals surface area (Å²) < 4.78 is 5.82. The second-order valence-electron chi connectivity index (χ2n) is 4.90. The highest BCUT2D eigenvalue weighted by Gasteiger charge is 2.35. The summed E-state index contributed by atoms with van der Waals surface area (Å²) in [6, 6.07) is 0. The van der Waals surface area contributed by atoms with Crippen LogP contribution in [0, 0.1) is 11.8 Å². The lowest BCUT2D eigenvalue weighted by Crippen LogP contribution is -2.44. The highest BCUT2D eigenvalue weighted by Crippen LogP contribution is 2.37. The average Bonchev–Trinajstić information content (AvgIpc) is 2.19. The Morgan fingerprint density at radius 3 is 2.29 bits per heavy atom. The number of nitrogens with two attached hydrogens (primary N) is 1. The van der Waals surface area contributed by atoms with Gasteiger partial charge in [0.1, 0.15) is 0 Å². The van der Waals surface area contributed by atoms with Gasteiger partial charge in [-0.3, -0.25) is 0 Å². The molecular weight excluding hydrogens is 174 g/mol. The molecule has 0 amide bonds. The minimum Gasteiger partial charge on any atom is -0.374 e. The molecular formula is C12H25NO. The highest BCUT2D eigenvalue weighted by atomic mass is 16.5. The number of hydrogen-bond acceptors (Lipinski definition) is 2. The van der Waals surface area contributed by atoms with Crippen LogP contribution < -0.4 is 5.73 Å². The first-order valence-electron chi connectivity index (χ1n) is 5.97. The molecule has 0 spiro atoms. The summed E-state index contributed by atoms with van der Waals surface area (Å²) in [6.45, 7) is 8.18. The van der Waals surface area contributed by atoms with Gasteiger partial charge < -0.3 is 10.5 Å². The number of hydrogen-bond donors (Lipinski definition) is 1. The lowest BCUT2D eigenvalue weighted by atomic mass is 9.74. The molecule has 0 atom stereocenters. The SMILES string of the molecule is CCOC1(CN)CCC(C(C)C)CC1. The molecule has 0 aromatic carbocycles. The van der Waals surface area contributed by atoms with E-state index in [1.165, 1.54) is 12.8 Å². The minimum absolute atomic E-state index is 0.0140. The molecule has 84 valence electrons. The smallest absolute Gasteiger partial charge is 0.0804 e. The van der Waals surface area contributed by atoms with Crippen molar-refractivity contribution < 1.29 is 4.74 Å². The van der Waals surface area contributed by atoms with Crippen LogP contribution in [0.5, 0.6) is 0 Å². The molecule has 14 heavy (non-hydrogen) atoms.